The Bertz CT molecular complexity index is 1030. The number of anilines is 2. The van der Waals surface area contributed by atoms with Crippen LogP contribution in [0.15, 0.2) is 48.9 Å². The topological polar surface area (TPSA) is 53.3 Å². The Kier molecular flexibility index (Phi) is 4.24. The molecule has 2 amide bonds. The number of amides is 2. The Hall–Kier alpha value is -2.93. The van der Waals surface area contributed by atoms with Crippen LogP contribution in [0, 0.1) is 0 Å². The average molecular weight is 398 g/mol. The van der Waals surface area contributed by atoms with Crippen molar-refractivity contribution >= 4 is 34.7 Å². The Balaban J connectivity index is 1.29. The number of pyridine rings is 1. The average Bonchev–Trinajstić information content (AvgIpc) is 3.20. The number of rotatable bonds is 1. The molecular weight excluding hydrogens is 378 g/mol. The number of nitrogens with zero attached hydrogens (tertiary/aromatic N) is 5. The zero-order valence-corrected chi connectivity index (χ0v) is 16.0. The molecule has 4 heterocycles. The Morgan fingerprint density at radius 1 is 1.04 bits per heavy atom. The Labute approximate surface area is 167 Å². The van der Waals surface area contributed by atoms with Gasteiger partial charge in [0.15, 0.2) is 0 Å². The third-order valence-corrected chi connectivity index (χ3v) is 5.55. The Morgan fingerprint density at radius 3 is 2.75 bits per heavy atom. The minimum absolute atomic E-state index is 0.0234. The van der Waals surface area contributed by atoms with Crippen LogP contribution in [0.4, 0.5) is 16.2 Å². The van der Waals surface area contributed by atoms with Crippen molar-refractivity contribution in [2.75, 3.05) is 49.1 Å². The summed E-state index contributed by atoms with van der Waals surface area (Å²) < 4.78 is 7.65. The van der Waals surface area contributed by atoms with Crippen molar-refractivity contribution in [3.8, 4) is 5.75 Å². The van der Waals surface area contributed by atoms with E-state index in [9.17, 15) is 4.79 Å². The lowest BCUT2D eigenvalue weighted by Crippen LogP contribution is -2.54. The van der Waals surface area contributed by atoms with Crippen molar-refractivity contribution in [3.05, 3.63) is 53.9 Å². The molecule has 1 fully saturated rings. The van der Waals surface area contributed by atoms with E-state index >= 15 is 0 Å². The smallest absolute Gasteiger partial charge is 0.324 e. The molecule has 2 aliphatic rings. The minimum Gasteiger partial charge on any atom is -0.489 e. The number of piperazine rings is 1. The standard InChI is InChI=1S/C20H20ClN5O2/c21-15-1-2-17-18(13-15)28-12-11-26(17)20(27)25-9-7-23(8-10-25)16-3-5-24-6-4-22-19(24)14-16/h1-6,13-14H,7-12H2. The molecule has 2 aromatic heterocycles. The summed E-state index contributed by atoms with van der Waals surface area (Å²) >= 11 is 6.05. The summed E-state index contributed by atoms with van der Waals surface area (Å²) in [7, 11) is 0. The molecule has 8 heteroatoms. The number of aromatic nitrogens is 2. The van der Waals surface area contributed by atoms with Crippen LogP contribution in [0.1, 0.15) is 0 Å². The number of urea groups is 1. The van der Waals surface area contributed by atoms with Gasteiger partial charge in [-0.05, 0) is 18.2 Å². The van der Waals surface area contributed by atoms with Crippen molar-refractivity contribution in [1.29, 1.82) is 0 Å². The van der Waals surface area contributed by atoms with E-state index < -0.39 is 0 Å². The lowest BCUT2D eigenvalue weighted by atomic mass is 10.2. The van der Waals surface area contributed by atoms with E-state index in [1.54, 1.807) is 23.2 Å². The first-order valence-electron chi connectivity index (χ1n) is 9.35. The second kappa shape index (κ2) is 6.91. The normalized spacial score (nSPS) is 16.8. The van der Waals surface area contributed by atoms with Gasteiger partial charge in [-0.3, -0.25) is 4.90 Å². The van der Waals surface area contributed by atoms with Gasteiger partial charge in [0.1, 0.15) is 18.0 Å². The lowest BCUT2D eigenvalue weighted by Gasteiger charge is -2.39. The van der Waals surface area contributed by atoms with E-state index in [1.165, 1.54) is 0 Å². The zero-order chi connectivity index (χ0) is 19.1. The molecule has 0 aliphatic carbocycles. The monoisotopic (exact) mass is 397 g/mol. The van der Waals surface area contributed by atoms with Crippen LogP contribution in [-0.2, 0) is 0 Å². The van der Waals surface area contributed by atoms with Gasteiger partial charge in [0, 0.05) is 67.6 Å². The molecule has 3 aromatic rings. The molecule has 1 saturated heterocycles. The molecule has 0 N–H and O–H groups in total. The number of benzene rings is 1. The van der Waals surface area contributed by atoms with Crippen molar-refractivity contribution in [2.24, 2.45) is 0 Å². The van der Waals surface area contributed by atoms with Gasteiger partial charge < -0.3 is 18.9 Å². The molecule has 144 valence electrons. The highest BCUT2D eigenvalue weighted by atomic mass is 35.5. The number of imidazole rings is 1. The number of carbonyl (C=O) groups excluding carboxylic acids is 1. The van der Waals surface area contributed by atoms with Crippen molar-refractivity contribution in [2.45, 2.75) is 0 Å². The van der Waals surface area contributed by atoms with Crippen molar-refractivity contribution in [1.82, 2.24) is 14.3 Å². The zero-order valence-electron chi connectivity index (χ0n) is 15.3. The van der Waals surface area contributed by atoms with Crippen LogP contribution in [-0.4, -0.2) is 59.6 Å². The number of halogens is 1. The minimum atomic E-state index is 0.0234. The molecular formula is C20H20ClN5O2. The molecule has 0 radical (unpaired) electrons. The Morgan fingerprint density at radius 2 is 1.89 bits per heavy atom. The first-order chi connectivity index (χ1) is 13.7. The SMILES string of the molecule is O=C(N1CCN(c2ccn3ccnc3c2)CC1)N1CCOc2cc(Cl)ccc21. The van der Waals surface area contributed by atoms with Crippen LogP contribution in [0.5, 0.6) is 5.75 Å². The van der Waals surface area contributed by atoms with E-state index in [0.717, 1.165) is 30.1 Å². The molecule has 0 saturated carbocycles. The number of fused-ring (bicyclic) bond motifs is 2. The van der Waals surface area contributed by atoms with Crippen LogP contribution in [0.25, 0.3) is 5.65 Å². The maximum Gasteiger partial charge on any atom is 0.324 e. The van der Waals surface area contributed by atoms with E-state index in [0.29, 0.717) is 37.0 Å². The van der Waals surface area contributed by atoms with E-state index in [-0.39, 0.29) is 6.03 Å². The molecule has 0 unspecified atom stereocenters. The maximum atomic E-state index is 13.1. The van der Waals surface area contributed by atoms with Gasteiger partial charge in [-0.15, -0.1) is 0 Å². The molecule has 0 atom stereocenters. The van der Waals surface area contributed by atoms with Gasteiger partial charge in [-0.1, -0.05) is 11.6 Å². The summed E-state index contributed by atoms with van der Waals surface area (Å²) in [5.74, 6) is 0.665. The highest BCUT2D eigenvalue weighted by molar-refractivity contribution is 6.30. The second-order valence-corrected chi connectivity index (χ2v) is 7.38. The fraction of sp³-hybridized carbons (Fsp3) is 0.300. The van der Waals surface area contributed by atoms with Crippen LogP contribution in [0.2, 0.25) is 5.02 Å². The van der Waals surface area contributed by atoms with Gasteiger partial charge in [-0.25, -0.2) is 9.78 Å². The number of hydrogen-bond acceptors (Lipinski definition) is 4. The van der Waals surface area contributed by atoms with E-state index in [2.05, 4.69) is 22.0 Å². The highest BCUT2D eigenvalue weighted by Gasteiger charge is 2.30. The summed E-state index contributed by atoms with van der Waals surface area (Å²) in [6.07, 6.45) is 5.75. The maximum absolute atomic E-state index is 13.1. The van der Waals surface area contributed by atoms with Gasteiger partial charge in [-0.2, -0.15) is 0 Å². The van der Waals surface area contributed by atoms with E-state index in [1.807, 2.05) is 27.8 Å². The number of ether oxygens (including phenoxy) is 1. The summed E-state index contributed by atoms with van der Waals surface area (Å²) in [5.41, 5.74) is 2.85. The first kappa shape index (κ1) is 17.2. The second-order valence-electron chi connectivity index (χ2n) is 6.95. The van der Waals surface area contributed by atoms with Crippen LogP contribution in [0.3, 0.4) is 0 Å². The molecule has 7 nitrogen and oxygen atoms in total. The predicted octanol–water partition coefficient (Wildman–Crippen LogP) is 3.13. The number of hydrogen-bond donors (Lipinski definition) is 0. The molecule has 0 bridgehead atoms. The summed E-state index contributed by atoms with van der Waals surface area (Å²) in [5, 5.41) is 0.608. The third kappa shape index (κ3) is 3.01. The van der Waals surface area contributed by atoms with Crippen LogP contribution < -0.4 is 14.5 Å². The molecule has 2 aliphatic heterocycles. The van der Waals surface area contributed by atoms with Gasteiger partial charge >= 0.3 is 6.03 Å². The molecule has 1 aromatic carbocycles. The number of carbonyl (C=O) groups is 1. The predicted molar refractivity (Wildman–Crippen MR) is 109 cm³/mol. The summed E-state index contributed by atoms with van der Waals surface area (Å²) in [6, 6.07) is 9.60. The molecule has 5 rings (SSSR count). The van der Waals surface area contributed by atoms with Gasteiger partial charge in [0.05, 0.1) is 12.2 Å². The lowest BCUT2D eigenvalue weighted by molar-refractivity contribution is 0.196. The van der Waals surface area contributed by atoms with Crippen molar-refractivity contribution < 1.29 is 9.53 Å². The quantitative estimate of drug-likeness (QED) is 0.633. The van der Waals surface area contributed by atoms with E-state index in [4.69, 9.17) is 16.3 Å². The molecule has 28 heavy (non-hydrogen) atoms. The van der Waals surface area contributed by atoms with Crippen molar-refractivity contribution in [3.63, 3.8) is 0 Å². The summed E-state index contributed by atoms with van der Waals surface area (Å²) in [6.45, 7) is 3.96. The third-order valence-electron chi connectivity index (χ3n) is 5.31. The van der Waals surface area contributed by atoms with Gasteiger partial charge in [0.2, 0.25) is 0 Å². The van der Waals surface area contributed by atoms with Gasteiger partial charge in [0.25, 0.3) is 0 Å². The summed E-state index contributed by atoms with van der Waals surface area (Å²) in [4.78, 5) is 23.5. The largest absolute Gasteiger partial charge is 0.489 e. The van der Waals surface area contributed by atoms with Crippen LogP contribution >= 0.6 is 11.6 Å². The highest BCUT2D eigenvalue weighted by Crippen LogP contribution is 2.34. The first-order valence-corrected chi connectivity index (χ1v) is 9.73. The fourth-order valence-electron chi connectivity index (χ4n) is 3.82. The fourth-order valence-corrected chi connectivity index (χ4v) is 3.98. The molecule has 0 spiro atoms.